The maximum atomic E-state index is 12.0. The van der Waals surface area contributed by atoms with Crippen LogP contribution in [0.1, 0.15) is 36.0 Å². The summed E-state index contributed by atoms with van der Waals surface area (Å²) in [6.07, 6.45) is 3.94. The molecule has 1 amide bonds. The summed E-state index contributed by atoms with van der Waals surface area (Å²) in [5.74, 6) is 0.744. The van der Waals surface area contributed by atoms with Gasteiger partial charge in [0.05, 0.1) is 7.11 Å². The number of methoxy groups -OCH3 is 1. The fourth-order valence-electron chi connectivity index (χ4n) is 2.27. The number of nitrogens with one attached hydrogen (secondary N) is 1. The van der Waals surface area contributed by atoms with Crippen LogP contribution in [0.5, 0.6) is 5.75 Å². The lowest BCUT2D eigenvalue weighted by Gasteiger charge is -2.26. The van der Waals surface area contributed by atoms with Gasteiger partial charge in [0, 0.05) is 17.6 Å². The SMILES string of the molecule is COc1ccc(C(=O)NC2CCC(N)CC2)cc1. The maximum Gasteiger partial charge on any atom is 0.251 e. The first kappa shape index (κ1) is 12.9. The van der Waals surface area contributed by atoms with E-state index in [1.54, 1.807) is 31.4 Å². The van der Waals surface area contributed by atoms with Crippen LogP contribution in [0.3, 0.4) is 0 Å². The van der Waals surface area contributed by atoms with Gasteiger partial charge in [-0.25, -0.2) is 0 Å². The zero-order valence-electron chi connectivity index (χ0n) is 10.7. The molecule has 98 valence electrons. The van der Waals surface area contributed by atoms with Gasteiger partial charge in [-0.1, -0.05) is 0 Å². The van der Waals surface area contributed by atoms with Gasteiger partial charge in [-0.3, -0.25) is 4.79 Å². The van der Waals surface area contributed by atoms with Gasteiger partial charge in [-0.05, 0) is 49.9 Å². The Morgan fingerprint density at radius 1 is 1.22 bits per heavy atom. The third-order valence-electron chi connectivity index (χ3n) is 3.46. The van der Waals surface area contributed by atoms with Crippen LogP contribution in [0.15, 0.2) is 24.3 Å². The minimum atomic E-state index is -0.0156. The fourth-order valence-corrected chi connectivity index (χ4v) is 2.27. The lowest BCUT2D eigenvalue weighted by atomic mass is 9.91. The molecule has 4 heteroatoms. The Morgan fingerprint density at radius 2 is 1.83 bits per heavy atom. The van der Waals surface area contributed by atoms with Crippen molar-refractivity contribution < 1.29 is 9.53 Å². The summed E-state index contributed by atoms with van der Waals surface area (Å²) in [4.78, 5) is 12.0. The van der Waals surface area contributed by atoms with Gasteiger partial charge in [-0.2, -0.15) is 0 Å². The largest absolute Gasteiger partial charge is 0.497 e. The highest BCUT2D eigenvalue weighted by Gasteiger charge is 2.20. The highest BCUT2D eigenvalue weighted by Crippen LogP contribution is 2.18. The van der Waals surface area contributed by atoms with Gasteiger partial charge in [0.25, 0.3) is 5.91 Å². The minimum Gasteiger partial charge on any atom is -0.497 e. The second-order valence-electron chi connectivity index (χ2n) is 4.81. The molecule has 2 rings (SSSR count). The predicted molar refractivity (Wildman–Crippen MR) is 70.7 cm³/mol. The number of nitrogens with two attached hydrogens (primary N) is 1. The van der Waals surface area contributed by atoms with E-state index in [0.29, 0.717) is 11.6 Å². The summed E-state index contributed by atoms with van der Waals surface area (Å²) in [5, 5.41) is 3.06. The smallest absolute Gasteiger partial charge is 0.251 e. The van der Waals surface area contributed by atoms with E-state index in [0.717, 1.165) is 31.4 Å². The quantitative estimate of drug-likeness (QED) is 0.855. The number of carbonyl (C=O) groups is 1. The van der Waals surface area contributed by atoms with Crippen molar-refractivity contribution in [1.82, 2.24) is 5.32 Å². The topological polar surface area (TPSA) is 64.3 Å². The molecule has 0 aliphatic heterocycles. The molecule has 1 fully saturated rings. The lowest BCUT2D eigenvalue weighted by molar-refractivity contribution is 0.0926. The van der Waals surface area contributed by atoms with Crippen LogP contribution < -0.4 is 15.8 Å². The molecule has 0 saturated heterocycles. The van der Waals surface area contributed by atoms with Crippen molar-refractivity contribution in [3.8, 4) is 5.75 Å². The Bertz CT molecular complexity index is 395. The molecule has 1 aliphatic carbocycles. The molecule has 1 aromatic rings. The van der Waals surface area contributed by atoms with E-state index in [1.807, 2.05) is 0 Å². The van der Waals surface area contributed by atoms with Crippen molar-refractivity contribution in [1.29, 1.82) is 0 Å². The number of carbonyl (C=O) groups excluding carboxylic acids is 1. The van der Waals surface area contributed by atoms with Crippen LogP contribution in [-0.2, 0) is 0 Å². The Balaban J connectivity index is 1.90. The molecule has 4 nitrogen and oxygen atoms in total. The molecule has 0 unspecified atom stereocenters. The molecule has 3 N–H and O–H groups in total. The second-order valence-corrected chi connectivity index (χ2v) is 4.81. The van der Waals surface area contributed by atoms with Crippen LogP contribution in [0, 0.1) is 0 Å². The average Bonchev–Trinajstić information content (AvgIpc) is 2.41. The molecule has 0 atom stereocenters. The monoisotopic (exact) mass is 248 g/mol. The first-order chi connectivity index (χ1) is 8.69. The van der Waals surface area contributed by atoms with Crippen molar-refractivity contribution >= 4 is 5.91 Å². The van der Waals surface area contributed by atoms with Crippen molar-refractivity contribution in [2.45, 2.75) is 37.8 Å². The first-order valence-electron chi connectivity index (χ1n) is 6.39. The number of amides is 1. The molecule has 0 spiro atoms. The van der Waals surface area contributed by atoms with Crippen molar-refractivity contribution in [3.05, 3.63) is 29.8 Å². The summed E-state index contributed by atoms with van der Waals surface area (Å²) in [5.41, 5.74) is 6.52. The van der Waals surface area contributed by atoms with Gasteiger partial charge in [0.2, 0.25) is 0 Å². The summed E-state index contributed by atoms with van der Waals surface area (Å²) < 4.78 is 5.07. The molecular weight excluding hydrogens is 228 g/mol. The van der Waals surface area contributed by atoms with E-state index in [-0.39, 0.29) is 11.9 Å². The fraction of sp³-hybridized carbons (Fsp3) is 0.500. The van der Waals surface area contributed by atoms with Gasteiger partial charge >= 0.3 is 0 Å². The highest BCUT2D eigenvalue weighted by atomic mass is 16.5. The van der Waals surface area contributed by atoms with Gasteiger partial charge in [0.15, 0.2) is 0 Å². The van der Waals surface area contributed by atoms with E-state index in [4.69, 9.17) is 10.5 Å². The maximum absolute atomic E-state index is 12.0. The van der Waals surface area contributed by atoms with Gasteiger partial charge < -0.3 is 15.8 Å². The molecule has 18 heavy (non-hydrogen) atoms. The Hall–Kier alpha value is -1.55. The molecule has 0 heterocycles. The Labute approximate surface area is 108 Å². The summed E-state index contributed by atoms with van der Waals surface area (Å²) in [6.45, 7) is 0. The van der Waals surface area contributed by atoms with Gasteiger partial charge in [0.1, 0.15) is 5.75 Å². The molecule has 1 aliphatic rings. The number of benzene rings is 1. The standard InChI is InChI=1S/C14H20N2O2/c1-18-13-8-2-10(3-9-13)14(17)16-12-6-4-11(15)5-7-12/h2-3,8-9,11-12H,4-7,15H2,1H3,(H,16,17). The third kappa shape index (κ3) is 3.23. The molecule has 0 radical (unpaired) electrons. The van der Waals surface area contributed by atoms with Crippen LogP contribution in [-0.4, -0.2) is 25.1 Å². The van der Waals surface area contributed by atoms with Crippen molar-refractivity contribution in [3.63, 3.8) is 0 Å². The highest BCUT2D eigenvalue weighted by molar-refractivity contribution is 5.94. The summed E-state index contributed by atoms with van der Waals surface area (Å²) in [7, 11) is 1.61. The summed E-state index contributed by atoms with van der Waals surface area (Å²) >= 11 is 0. The Kier molecular flexibility index (Phi) is 4.20. The molecule has 0 aromatic heterocycles. The van der Waals surface area contributed by atoms with E-state index < -0.39 is 0 Å². The van der Waals surface area contributed by atoms with Gasteiger partial charge in [-0.15, -0.1) is 0 Å². The van der Waals surface area contributed by atoms with E-state index in [1.165, 1.54) is 0 Å². The Morgan fingerprint density at radius 3 is 2.39 bits per heavy atom. The molecule has 1 aromatic carbocycles. The van der Waals surface area contributed by atoms with Crippen LogP contribution in [0.4, 0.5) is 0 Å². The van der Waals surface area contributed by atoms with Crippen LogP contribution in [0.25, 0.3) is 0 Å². The zero-order chi connectivity index (χ0) is 13.0. The molecule has 1 saturated carbocycles. The van der Waals surface area contributed by atoms with E-state index in [9.17, 15) is 4.79 Å². The average molecular weight is 248 g/mol. The lowest BCUT2D eigenvalue weighted by Crippen LogP contribution is -2.40. The first-order valence-corrected chi connectivity index (χ1v) is 6.39. The third-order valence-corrected chi connectivity index (χ3v) is 3.46. The molecule has 0 bridgehead atoms. The number of hydrogen-bond donors (Lipinski definition) is 2. The van der Waals surface area contributed by atoms with E-state index >= 15 is 0 Å². The van der Waals surface area contributed by atoms with Crippen molar-refractivity contribution in [2.24, 2.45) is 5.73 Å². The summed E-state index contributed by atoms with van der Waals surface area (Å²) in [6, 6.07) is 7.72. The zero-order valence-corrected chi connectivity index (χ0v) is 10.7. The number of rotatable bonds is 3. The van der Waals surface area contributed by atoms with E-state index in [2.05, 4.69) is 5.32 Å². The van der Waals surface area contributed by atoms with Crippen molar-refractivity contribution in [2.75, 3.05) is 7.11 Å². The normalized spacial score (nSPS) is 23.4. The number of ether oxygens (including phenoxy) is 1. The number of hydrogen-bond acceptors (Lipinski definition) is 3. The van der Waals surface area contributed by atoms with Crippen LogP contribution >= 0.6 is 0 Å². The minimum absolute atomic E-state index is 0.0156. The predicted octanol–water partition coefficient (Wildman–Crippen LogP) is 1.69. The van der Waals surface area contributed by atoms with Crippen LogP contribution in [0.2, 0.25) is 0 Å². The second kappa shape index (κ2) is 5.87. The molecular formula is C14H20N2O2.